The van der Waals surface area contributed by atoms with Crippen LogP contribution in [0, 0.1) is 0 Å². The van der Waals surface area contributed by atoms with Gasteiger partial charge in [0, 0.05) is 0 Å². The van der Waals surface area contributed by atoms with Crippen molar-refractivity contribution >= 4 is 11.9 Å². The zero-order chi connectivity index (χ0) is 22.3. The van der Waals surface area contributed by atoms with E-state index in [-0.39, 0.29) is 22.6 Å². The maximum Gasteiger partial charge on any atom is 0.338 e. The topological polar surface area (TPSA) is 174 Å². The van der Waals surface area contributed by atoms with E-state index in [2.05, 4.69) is 0 Å². The lowest BCUT2D eigenvalue weighted by molar-refractivity contribution is -0.125. The molecule has 162 valence electrons. The van der Waals surface area contributed by atoms with Gasteiger partial charge in [0.05, 0.1) is 11.1 Å². The summed E-state index contributed by atoms with van der Waals surface area (Å²) < 4.78 is 9.63. The van der Waals surface area contributed by atoms with Crippen LogP contribution in [0.1, 0.15) is 20.7 Å². The standard InChI is InChI=1S/C20H22O10/c21-13-5-1-11(2-6-13)19(27)29-9-15(23)17(25)18(26)16(24)10-30-20(28)12-3-7-14(22)8-4-12/h1-8,15-18,21-26H,9-10H2/t15-,16+,17-,18-/m1/s1. The average Bonchev–Trinajstić information content (AvgIpc) is 2.75. The van der Waals surface area contributed by atoms with Crippen molar-refractivity contribution in [3.8, 4) is 11.5 Å². The number of rotatable bonds is 9. The minimum absolute atomic E-state index is 0.0507. The fraction of sp³-hybridized carbons (Fsp3) is 0.300. The van der Waals surface area contributed by atoms with Crippen molar-refractivity contribution in [3.05, 3.63) is 59.7 Å². The van der Waals surface area contributed by atoms with Gasteiger partial charge < -0.3 is 40.1 Å². The van der Waals surface area contributed by atoms with Crippen LogP contribution in [0.15, 0.2) is 48.5 Å². The second-order valence-corrected chi connectivity index (χ2v) is 6.41. The van der Waals surface area contributed by atoms with E-state index in [0.29, 0.717) is 0 Å². The molecular formula is C20H22O10. The van der Waals surface area contributed by atoms with Gasteiger partial charge >= 0.3 is 11.9 Å². The SMILES string of the molecule is O=C(OC[C@@H](O)[C@@H](O)[C@H](O)[C@@H](O)COC(=O)c1ccc(O)cc1)c1ccc(O)cc1. The molecule has 0 amide bonds. The quantitative estimate of drug-likeness (QED) is 0.291. The minimum atomic E-state index is -1.90. The highest BCUT2D eigenvalue weighted by Gasteiger charge is 2.32. The molecule has 10 nitrogen and oxygen atoms in total. The summed E-state index contributed by atoms with van der Waals surface area (Å²) in [6.45, 7) is -1.37. The lowest BCUT2D eigenvalue weighted by Gasteiger charge is -2.26. The van der Waals surface area contributed by atoms with Crippen molar-refractivity contribution in [2.24, 2.45) is 0 Å². The zero-order valence-corrected chi connectivity index (χ0v) is 15.7. The third-order valence-electron chi connectivity index (χ3n) is 4.11. The van der Waals surface area contributed by atoms with Gasteiger partial charge in [-0.3, -0.25) is 0 Å². The second kappa shape index (κ2) is 10.6. The number of benzene rings is 2. The van der Waals surface area contributed by atoms with Crippen molar-refractivity contribution in [3.63, 3.8) is 0 Å². The predicted molar refractivity (Wildman–Crippen MR) is 101 cm³/mol. The Hall–Kier alpha value is -3.18. The molecule has 0 saturated carbocycles. The first-order valence-corrected chi connectivity index (χ1v) is 8.83. The van der Waals surface area contributed by atoms with E-state index < -0.39 is 49.6 Å². The molecule has 4 atom stereocenters. The monoisotopic (exact) mass is 422 g/mol. The number of hydrogen-bond donors (Lipinski definition) is 6. The molecular weight excluding hydrogens is 400 g/mol. The van der Waals surface area contributed by atoms with Crippen LogP contribution in [0.3, 0.4) is 0 Å². The molecule has 0 unspecified atom stereocenters. The van der Waals surface area contributed by atoms with Gasteiger partial charge in [-0.15, -0.1) is 0 Å². The Morgan fingerprint density at radius 3 is 1.23 bits per heavy atom. The molecule has 2 rings (SSSR count). The lowest BCUT2D eigenvalue weighted by atomic mass is 10.0. The van der Waals surface area contributed by atoms with E-state index in [0.717, 1.165) is 0 Å². The molecule has 0 heterocycles. The third kappa shape index (κ3) is 6.42. The summed E-state index contributed by atoms with van der Waals surface area (Å²) in [5.74, 6) is -1.77. The number of phenols is 2. The molecule has 10 heteroatoms. The van der Waals surface area contributed by atoms with Crippen LogP contribution in [-0.4, -0.2) is 80.2 Å². The summed E-state index contributed by atoms with van der Waals surface area (Å²) >= 11 is 0. The Morgan fingerprint density at radius 1 is 0.633 bits per heavy atom. The summed E-state index contributed by atoms with van der Waals surface area (Å²) in [7, 11) is 0. The first-order chi connectivity index (χ1) is 14.2. The van der Waals surface area contributed by atoms with Crippen molar-refractivity contribution < 1.29 is 49.7 Å². The molecule has 0 fully saturated rings. The van der Waals surface area contributed by atoms with E-state index in [1.54, 1.807) is 0 Å². The fourth-order valence-corrected chi connectivity index (χ4v) is 2.34. The summed E-state index contributed by atoms with van der Waals surface area (Å²) in [6.07, 6.45) is -7.27. The molecule has 0 aliphatic carbocycles. The molecule has 0 aliphatic rings. The third-order valence-corrected chi connectivity index (χ3v) is 4.11. The van der Waals surface area contributed by atoms with Crippen molar-refractivity contribution in [2.75, 3.05) is 13.2 Å². The van der Waals surface area contributed by atoms with Gasteiger partial charge in [0.2, 0.25) is 0 Å². The van der Waals surface area contributed by atoms with Gasteiger partial charge in [-0.25, -0.2) is 9.59 Å². The molecule has 0 aliphatic heterocycles. The van der Waals surface area contributed by atoms with E-state index in [9.17, 15) is 40.2 Å². The molecule has 2 aromatic carbocycles. The van der Waals surface area contributed by atoms with Crippen LogP contribution in [0.5, 0.6) is 11.5 Å². The fourth-order valence-electron chi connectivity index (χ4n) is 2.34. The van der Waals surface area contributed by atoms with Crippen LogP contribution in [0.25, 0.3) is 0 Å². The normalized spacial score (nSPS) is 14.9. The highest BCUT2D eigenvalue weighted by atomic mass is 16.5. The summed E-state index contributed by atoms with van der Waals surface area (Å²) in [6, 6.07) is 10.2. The Labute approximate surface area is 171 Å². The lowest BCUT2D eigenvalue weighted by Crippen LogP contribution is -2.48. The maximum absolute atomic E-state index is 11.8. The van der Waals surface area contributed by atoms with Gasteiger partial charge in [0.25, 0.3) is 0 Å². The number of carbonyl (C=O) groups excluding carboxylic acids is 2. The number of aliphatic hydroxyl groups is 4. The number of esters is 2. The molecule has 2 aromatic rings. The molecule has 30 heavy (non-hydrogen) atoms. The van der Waals surface area contributed by atoms with Crippen LogP contribution in [0.4, 0.5) is 0 Å². The number of carbonyl (C=O) groups is 2. The van der Waals surface area contributed by atoms with Crippen LogP contribution in [0.2, 0.25) is 0 Å². The Bertz CT molecular complexity index is 762. The van der Waals surface area contributed by atoms with E-state index >= 15 is 0 Å². The number of phenolic OH excluding ortho intramolecular Hbond substituents is 2. The first-order valence-electron chi connectivity index (χ1n) is 8.83. The maximum atomic E-state index is 11.8. The van der Waals surface area contributed by atoms with Gasteiger partial charge in [-0.05, 0) is 48.5 Å². The van der Waals surface area contributed by atoms with Gasteiger partial charge in [0.15, 0.2) is 0 Å². The van der Waals surface area contributed by atoms with E-state index in [1.165, 1.54) is 48.5 Å². The van der Waals surface area contributed by atoms with Crippen molar-refractivity contribution in [1.82, 2.24) is 0 Å². The van der Waals surface area contributed by atoms with Gasteiger partial charge in [-0.2, -0.15) is 0 Å². The number of aromatic hydroxyl groups is 2. The molecule has 0 saturated heterocycles. The Kier molecular flexibility index (Phi) is 8.13. The molecule has 0 radical (unpaired) electrons. The zero-order valence-electron chi connectivity index (χ0n) is 15.7. The Morgan fingerprint density at radius 2 is 0.933 bits per heavy atom. The Balaban J connectivity index is 1.80. The summed E-state index contributed by atoms with van der Waals surface area (Å²) in [4.78, 5) is 23.7. The van der Waals surface area contributed by atoms with Gasteiger partial charge in [-0.1, -0.05) is 0 Å². The number of hydrogen-bond acceptors (Lipinski definition) is 10. The minimum Gasteiger partial charge on any atom is -0.508 e. The highest BCUT2D eigenvalue weighted by Crippen LogP contribution is 2.13. The first kappa shape index (κ1) is 23.1. The summed E-state index contributed by atoms with van der Waals surface area (Å²) in [5, 5.41) is 58.0. The molecule has 0 bridgehead atoms. The van der Waals surface area contributed by atoms with E-state index in [1.807, 2.05) is 0 Å². The molecule has 0 aromatic heterocycles. The predicted octanol–water partition coefficient (Wildman–Crippen LogP) is -0.445. The van der Waals surface area contributed by atoms with Crippen molar-refractivity contribution in [2.45, 2.75) is 24.4 Å². The second-order valence-electron chi connectivity index (χ2n) is 6.41. The van der Waals surface area contributed by atoms with Crippen molar-refractivity contribution in [1.29, 1.82) is 0 Å². The number of aliphatic hydroxyl groups excluding tert-OH is 4. The van der Waals surface area contributed by atoms with Crippen LogP contribution in [-0.2, 0) is 9.47 Å². The van der Waals surface area contributed by atoms with Crippen LogP contribution < -0.4 is 0 Å². The molecule has 6 N–H and O–H groups in total. The average molecular weight is 422 g/mol. The largest absolute Gasteiger partial charge is 0.508 e. The smallest absolute Gasteiger partial charge is 0.338 e. The number of ether oxygens (including phenoxy) is 2. The van der Waals surface area contributed by atoms with E-state index in [4.69, 9.17) is 9.47 Å². The van der Waals surface area contributed by atoms with Gasteiger partial charge in [0.1, 0.15) is 49.1 Å². The molecule has 0 spiro atoms. The summed E-state index contributed by atoms with van der Waals surface area (Å²) in [5.41, 5.74) is 0.187. The highest BCUT2D eigenvalue weighted by molar-refractivity contribution is 5.90. The van der Waals surface area contributed by atoms with Crippen LogP contribution >= 0.6 is 0 Å².